The minimum atomic E-state index is 0.136. The lowest BCUT2D eigenvalue weighted by Gasteiger charge is -2.05. The number of nitrogens with one attached hydrogen (secondary N) is 1. The first-order chi connectivity index (χ1) is 11.3. The molecular formula is C20H33NOS. The number of unbranched alkanes of at least 4 members (excludes halogenated alkanes) is 10. The van der Waals surface area contributed by atoms with Crippen LogP contribution in [0.4, 0.5) is 5.69 Å². The molecule has 0 aliphatic heterocycles. The van der Waals surface area contributed by atoms with Gasteiger partial charge in [-0.15, -0.1) is 0 Å². The van der Waals surface area contributed by atoms with Crippen LogP contribution in [-0.4, -0.2) is 11.7 Å². The van der Waals surface area contributed by atoms with Crippen molar-refractivity contribution in [2.75, 3.05) is 11.1 Å². The van der Waals surface area contributed by atoms with Crippen molar-refractivity contribution in [3.8, 4) is 0 Å². The van der Waals surface area contributed by atoms with Gasteiger partial charge in [0.1, 0.15) is 0 Å². The number of carbonyl (C=O) groups is 1. The molecule has 0 unspecified atom stereocenters. The van der Waals surface area contributed by atoms with Crippen LogP contribution in [0.15, 0.2) is 30.3 Å². The number of hydrogen-bond donors (Lipinski definition) is 2. The summed E-state index contributed by atoms with van der Waals surface area (Å²) in [6.45, 7) is 0. The van der Waals surface area contributed by atoms with Crippen LogP contribution in [0.1, 0.15) is 77.0 Å². The number of hydrogen-bond acceptors (Lipinski definition) is 2. The summed E-state index contributed by atoms with van der Waals surface area (Å²) in [4.78, 5) is 11.8. The van der Waals surface area contributed by atoms with Gasteiger partial charge in [-0.3, -0.25) is 4.79 Å². The summed E-state index contributed by atoms with van der Waals surface area (Å²) in [6.07, 6.45) is 14.9. The Hall–Kier alpha value is -0.960. The highest BCUT2D eigenvalue weighted by molar-refractivity contribution is 7.80. The Morgan fingerprint density at radius 2 is 1.22 bits per heavy atom. The average molecular weight is 336 g/mol. The third-order valence-electron chi connectivity index (χ3n) is 4.12. The van der Waals surface area contributed by atoms with Crippen LogP contribution in [0, 0.1) is 0 Å². The van der Waals surface area contributed by atoms with E-state index in [-0.39, 0.29) is 5.91 Å². The fraction of sp³-hybridized carbons (Fsp3) is 0.650. The van der Waals surface area contributed by atoms with Gasteiger partial charge in [-0.05, 0) is 30.7 Å². The van der Waals surface area contributed by atoms with Crippen molar-refractivity contribution in [1.82, 2.24) is 0 Å². The molecule has 0 atom stereocenters. The van der Waals surface area contributed by atoms with Crippen molar-refractivity contribution >= 4 is 24.2 Å². The van der Waals surface area contributed by atoms with Crippen LogP contribution >= 0.6 is 12.6 Å². The van der Waals surface area contributed by atoms with E-state index in [1.54, 1.807) is 0 Å². The molecule has 0 bridgehead atoms. The molecule has 1 rings (SSSR count). The van der Waals surface area contributed by atoms with Crippen molar-refractivity contribution in [1.29, 1.82) is 0 Å². The average Bonchev–Trinajstić information content (AvgIpc) is 2.57. The molecule has 130 valence electrons. The van der Waals surface area contributed by atoms with Crippen molar-refractivity contribution in [2.45, 2.75) is 77.0 Å². The van der Waals surface area contributed by atoms with Gasteiger partial charge in [0.05, 0.1) is 0 Å². The summed E-state index contributed by atoms with van der Waals surface area (Å²) >= 11 is 4.23. The fourth-order valence-corrected chi connectivity index (χ4v) is 2.96. The summed E-state index contributed by atoms with van der Waals surface area (Å²) in [7, 11) is 0. The molecule has 0 heterocycles. The van der Waals surface area contributed by atoms with E-state index in [4.69, 9.17) is 0 Å². The SMILES string of the molecule is O=C(CCCCCCCCCCCCCS)Nc1ccccc1. The minimum Gasteiger partial charge on any atom is -0.326 e. The van der Waals surface area contributed by atoms with Crippen LogP contribution in [0.3, 0.4) is 0 Å². The number of amides is 1. The monoisotopic (exact) mass is 335 g/mol. The van der Waals surface area contributed by atoms with E-state index in [1.165, 1.54) is 64.2 Å². The molecular weight excluding hydrogens is 302 g/mol. The van der Waals surface area contributed by atoms with Gasteiger partial charge in [-0.2, -0.15) is 12.6 Å². The van der Waals surface area contributed by atoms with E-state index >= 15 is 0 Å². The van der Waals surface area contributed by atoms with Crippen LogP contribution in [0.5, 0.6) is 0 Å². The Labute approximate surface area is 147 Å². The molecule has 3 heteroatoms. The van der Waals surface area contributed by atoms with E-state index in [9.17, 15) is 4.79 Å². The number of anilines is 1. The summed E-state index contributed by atoms with van der Waals surface area (Å²) in [6, 6.07) is 9.69. The lowest BCUT2D eigenvalue weighted by Crippen LogP contribution is -2.10. The largest absolute Gasteiger partial charge is 0.326 e. The highest BCUT2D eigenvalue weighted by atomic mass is 32.1. The molecule has 23 heavy (non-hydrogen) atoms. The second-order valence-electron chi connectivity index (χ2n) is 6.28. The van der Waals surface area contributed by atoms with Crippen molar-refractivity contribution < 1.29 is 4.79 Å². The normalized spacial score (nSPS) is 10.7. The lowest BCUT2D eigenvalue weighted by atomic mass is 10.1. The molecule has 1 aromatic rings. The fourth-order valence-electron chi connectivity index (χ4n) is 2.73. The molecule has 1 aromatic carbocycles. The molecule has 0 aliphatic carbocycles. The van der Waals surface area contributed by atoms with Gasteiger partial charge in [0.25, 0.3) is 0 Å². The van der Waals surface area contributed by atoms with Gasteiger partial charge in [0.2, 0.25) is 5.91 Å². The first kappa shape index (κ1) is 20.1. The first-order valence-corrected chi connectivity index (χ1v) is 9.92. The number of rotatable bonds is 14. The maximum Gasteiger partial charge on any atom is 0.224 e. The Bertz CT molecular complexity index is 394. The van der Waals surface area contributed by atoms with Gasteiger partial charge < -0.3 is 5.32 Å². The Balaban J connectivity index is 1.83. The van der Waals surface area contributed by atoms with E-state index in [2.05, 4.69) is 17.9 Å². The molecule has 0 radical (unpaired) electrons. The van der Waals surface area contributed by atoms with E-state index < -0.39 is 0 Å². The molecule has 0 fully saturated rings. The molecule has 0 spiro atoms. The zero-order valence-electron chi connectivity index (χ0n) is 14.4. The standard InChI is InChI=1S/C20H33NOS/c22-20(21-19-15-11-10-12-16-19)17-13-8-6-4-2-1-3-5-7-9-14-18-23/h10-12,15-16,23H,1-9,13-14,17-18H2,(H,21,22). The molecule has 2 nitrogen and oxygen atoms in total. The summed E-state index contributed by atoms with van der Waals surface area (Å²) in [5.41, 5.74) is 0.895. The van der Waals surface area contributed by atoms with E-state index in [0.717, 1.165) is 17.9 Å². The second-order valence-corrected chi connectivity index (χ2v) is 6.72. The van der Waals surface area contributed by atoms with Crippen LogP contribution in [-0.2, 0) is 4.79 Å². The number of carbonyl (C=O) groups excluding carboxylic acids is 1. The first-order valence-electron chi connectivity index (χ1n) is 9.28. The minimum absolute atomic E-state index is 0.136. The highest BCUT2D eigenvalue weighted by Gasteiger charge is 2.01. The second kappa shape index (κ2) is 14.6. The van der Waals surface area contributed by atoms with Crippen molar-refractivity contribution in [3.05, 3.63) is 30.3 Å². The van der Waals surface area contributed by atoms with Crippen molar-refractivity contribution in [3.63, 3.8) is 0 Å². The zero-order valence-corrected chi connectivity index (χ0v) is 15.3. The maximum atomic E-state index is 11.8. The van der Waals surface area contributed by atoms with Crippen LogP contribution in [0.25, 0.3) is 0 Å². The van der Waals surface area contributed by atoms with Crippen LogP contribution < -0.4 is 5.32 Å². The topological polar surface area (TPSA) is 29.1 Å². The van der Waals surface area contributed by atoms with Gasteiger partial charge >= 0.3 is 0 Å². The van der Waals surface area contributed by atoms with Gasteiger partial charge in [-0.25, -0.2) is 0 Å². The molecule has 1 N–H and O–H groups in total. The van der Waals surface area contributed by atoms with E-state index in [1.807, 2.05) is 30.3 Å². The van der Waals surface area contributed by atoms with Gasteiger partial charge in [0.15, 0.2) is 0 Å². The molecule has 0 saturated carbocycles. The Morgan fingerprint density at radius 3 is 1.74 bits per heavy atom. The smallest absolute Gasteiger partial charge is 0.224 e. The Kier molecular flexibility index (Phi) is 12.8. The Morgan fingerprint density at radius 1 is 0.739 bits per heavy atom. The molecule has 0 aromatic heterocycles. The molecule has 0 saturated heterocycles. The number of thiol groups is 1. The molecule has 0 aliphatic rings. The van der Waals surface area contributed by atoms with Gasteiger partial charge in [0, 0.05) is 12.1 Å². The predicted molar refractivity (Wildman–Crippen MR) is 104 cm³/mol. The summed E-state index contributed by atoms with van der Waals surface area (Å²) in [5, 5.41) is 2.94. The van der Waals surface area contributed by atoms with Gasteiger partial charge in [-0.1, -0.05) is 76.0 Å². The van der Waals surface area contributed by atoms with Crippen molar-refractivity contribution in [2.24, 2.45) is 0 Å². The number of benzene rings is 1. The lowest BCUT2D eigenvalue weighted by molar-refractivity contribution is -0.116. The zero-order chi connectivity index (χ0) is 16.6. The number of para-hydroxylation sites is 1. The highest BCUT2D eigenvalue weighted by Crippen LogP contribution is 2.13. The summed E-state index contributed by atoms with van der Waals surface area (Å²) in [5.74, 6) is 1.17. The maximum absolute atomic E-state index is 11.8. The summed E-state index contributed by atoms with van der Waals surface area (Å²) < 4.78 is 0. The van der Waals surface area contributed by atoms with Crippen LogP contribution in [0.2, 0.25) is 0 Å². The predicted octanol–water partition coefficient (Wildman–Crippen LogP) is 6.24. The van der Waals surface area contributed by atoms with E-state index in [0.29, 0.717) is 6.42 Å². The molecule has 1 amide bonds. The quantitative estimate of drug-likeness (QED) is 0.306. The third kappa shape index (κ3) is 12.2. The third-order valence-corrected chi connectivity index (χ3v) is 4.44.